The van der Waals surface area contributed by atoms with Gasteiger partial charge in [0.05, 0.1) is 12.8 Å². The summed E-state index contributed by atoms with van der Waals surface area (Å²) in [5.41, 5.74) is -0.0700. The molecule has 0 aromatic heterocycles. The Balaban J connectivity index is 4.95. The van der Waals surface area contributed by atoms with Crippen molar-refractivity contribution in [3.8, 4) is 6.07 Å². The molecule has 13 heavy (non-hydrogen) atoms. The Bertz CT molecular complexity index is 274. The van der Waals surface area contributed by atoms with Gasteiger partial charge in [-0.2, -0.15) is 5.26 Å². The van der Waals surface area contributed by atoms with Gasteiger partial charge in [-0.1, -0.05) is 6.92 Å². The highest BCUT2D eigenvalue weighted by molar-refractivity contribution is 6.35. The Morgan fingerprint density at radius 2 is 2.23 bits per heavy atom. The maximum atomic E-state index is 11.0. The molecule has 0 aromatic carbocycles. The van der Waals surface area contributed by atoms with Gasteiger partial charge in [0.15, 0.2) is 0 Å². The number of carbonyl (C=O) groups is 1. The SMILES string of the molecule is CCOC(CC)=C(C#N)C(=O)C=N. The Hall–Kier alpha value is -1.63. The molecule has 0 spiro atoms. The molecule has 0 saturated heterocycles. The van der Waals surface area contributed by atoms with Crippen LogP contribution in [0.5, 0.6) is 0 Å². The first-order valence-electron chi connectivity index (χ1n) is 4.02. The van der Waals surface area contributed by atoms with Crippen LogP contribution < -0.4 is 0 Å². The van der Waals surface area contributed by atoms with Crippen LogP contribution in [-0.4, -0.2) is 18.6 Å². The Kier molecular flexibility index (Phi) is 5.20. The smallest absolute Gasteiger partial charge is 0.217 e. The molecule has 0 radical (unpaired) electrons. The van der Waals surface area contributed by atoms with E-state index in [1.807, 2.05) is 0 Å². The molecule has 0 aliphatic heterocycles. The van der Waals surface area contributed by atoms with Crippen molar-refractivity contribution in [2.75, 3.05) is 6.61 Å². The van der Waals surface area contributed by atoms with Crippen molar-refractivity contribution in [1.82, 2.24) is 0 Å². The van der Waals surface area contributed by atoms with Crippen molar-refractivity contribution in [3.05, 3.63) is 11.3 Å². The summed E-state index contributed by atoms with van der Waals surface area (Å²) < 4.78 is 5.10. The molecule has 0 aromatic rings. The first-order valence-corrected chi connectivity index (χ1v) is 4.02. The van der Waals surface area contributed by atoms with Crippen LogP contribution in [-0.2, 0) is 9.53 Å². The molecule has 0 amide bonds. The van der Waals surface area contributed by atoms with Crippen LogP contribution in [0.25, 0.3) is 0 Å². The lowest BCUT2D eigenvalue weighted by molar-refractivity contribution is -0.109. The number of ether oxygens (including phenoxy) is 1. The average Bonchev–Trinajstić information content (AvgIpc) is 2.17. The Labute approximate surface area is 77.3 Å². The molecular formula is C9H12N2O2. The monoisotopic (exact) mass is 180 g/mol. The van der Waals surface area contributed by atoms with E-state index in [1.165, 1.54) is 0 Å². The van der Waals surface area contributed by atoms with Crippen molar-refractivity contribution in [2.45, 2.75) is 20.3 Å². The maximum absolute atomic E-state index is 11.0. The van der Waals surface area contributed by atoms with E-state index in [9.17, 15) is 4.79 Å². The first-order chi connectivity index (χ1) is 6.21. The Morgan fingerprint density at radius 3 is 2.54 bits per heavy atom. The van der Waals surface area contributed by atoms with Gasteiger partial charge >= 0.3 is 0 Å². The van der Waals surface area contributed by atoms with E-state index in [0.717, 1.165) is 0 Å². The van der Waals surface area contributed by atoms with E-state index in [-0.39, 0.29) is 5.57 Å². The third-order valence-corrected chi connectivity index (χ3v) is 1.41. The second-order valence-electron chi connectivity index (χ2n) is 2.21. The molecule has 1 N–H and O–H groups in total. The number of allylic oxidation sites excluding steroid dienone is 2. The van der Waals surface area contributed by atoms with Gasteiger partial charge < -0.3 is 10.1 Å². The number of hydrogen-bond donors (Lipinski definition) is 1. The summed E-state index contributed by atoms with van der Waals surface area (Å²) >= 11 is 0. The van der Waals surface area contributed by atoms with Gasteiger partial charge in [0.25, 0.3) is 0 Å². The molecule has 0 unspecified atom stereocenters. The molecule has 0 aliphatic rings. The molecule has 4 heteroatoms. The van der Waals surface area contributed by atoms with E-state index in [4.69, 9.17) is 15.4 Å². The number of carbonyl (C=O) groups excluding carboxylic acids is 1. The summed E-state index contributed by atoms with van der Waals surface area (Å²) in [6.07, 6.45) is 1.10. The normalized spacial score (nSPS) is 11.2. The van der Waals surface area contributed by atoms with Crippen LogP contribution in [0.4, 0.5) is 0 Å². The van der Waals surface area contributed by atoms with Crippen molar-refractivity contribution < 1.29 is 9.53 Å². The second kappa shape index (κ2) is 5.95. The molecule has 4 nitrogen and oxygen atoms in total. The largest absolute Gasteiger partial charge is 0.497 e. The van der Waals surface area contributed by atoms with Gasteiger partial charge in [-0.3, -0.25) is 4.79 Å². The number of hydrogen-bond acceptors (Lipinski definition) is 4. The predicted octanol–water partition coefficient (Wildman–Crippen LogP) is 1.43. The quantitative estimate of drug-likeness (QED) is 0.301. The third-order valence-electron chi connectivity index (χ3n) is 1.41. The van der Waals surface area contributed by atoms with E-state index in [0.29, 0.717) is 25.0 Å². The molecule has 0 atom stereocenters. The number of nitriles is 1. The van der Waals surface area contributed by atoms with E-state index >= 15 is 0 Å². The van der Waals surface area contributed by atoms with Crippen LogP contribution in [0.1, 0.15) is 20.3 Å². The second-order valence-corrected chi connectivity index (χ2v) is 2.21. The molecule has 0 fully saturated rings. The number of nitrogens with zero attached hydrogens (tertiary/aromatic N) is 1. The highest BCUT2D eigenvalue weighted by Crippen LogP contribution is 2.10. The van der Waals surface area contributed by atoms with Gasteiger partial charge in [-0.25, -0.2) is 0 Å². The van der Waals surface area contributed by atoms with Crippen LogP contribution in [0.15, 0.2) is 11.3 Å². The van der Waals surface area contributed by atoms with E-state index < -0.39 is 5.78 Å². The number of nitrogens with one attached hydrogen (secondary N) is 1. The maximum Gasteiger partial charge on any atom is 0.217 e. The summed E-state index contributed by atoms with van der Waals surface area (Å²) in [6.45, 7) is 3.98. The van der Waals surface area contributed by atoms with Gasteiger partial charge in [-0.05, 0) is 6.92 Å². The fourth-order valence-electron chi connectivity index (χ4n) is 0.852. The van der Waals surface area contributed by atoms with Crippen molar-refractivity contribution in [1.29, 1.82) is 10.7 Å². The van der Waals surface area contributed by atoms with Gasteiger partial charge in [0.2, 0.25) is 5.78 Å². The summed E-state index contributed by atoms with van der Waals surface area (Å²) in [7, 11) is 0. The van der Waals surface area contributed by atoms with Gasteiger partial charge in [0, 0.05) is 6.42 Å². The number of ketones is 1. The summed E-state index contributed by atoms with van der Waals surface area (Å²) in [5.74, 6) is -0.244. The minimum atomic E-state index is -0.604. The lowest BCUT2D eigenvalue weighted by Gasteiger charge is -2.06. The fraction of sp³-hybridized carbons (Fsp3) is 0.444. The standard InChI is InChI=1S/C9H12N2O2/c1-3-9(13-4-2)7(5-10)8(12)6-11/h6,11H,3-4H2,1-2H3. The van der Waals surface area contributed by atoms with Crippen molar-refractivity contribution in [2.24, 2.45) is 0 Å². The molecule has 0 heterocycles. The molecule has 0 saturated carbocycles. The van der Waals surface area contributed by atoms with Gasteiger partial charge in [-0.15, -0.1) is 0 Å². The summed E-state index contributed by atoms with van der Waals surface area (Å²) in [4.78, 5) is 11.0. The average molecular weight is 180 g/mol. The summed E-state index contributed by atoms with van der Waals surface area (Å²) in [6, 6.07) is 1.74. The van der Waals surface area contributed by atoms with Gasteiger partial charge in [0.1, 0.15) is 17.4 Å². The van der Waals surface area contributed by atoms with E-state index in [1.54, 1.807) is 19.9 Å². The van der Waals surface area contributed by atoms with Crippen molar-refractivity contribution >= 4 is 12.0 Å². The zero-order valence-corrected chi connectivity index (χ0v) is 7.76. The lowest BCUT2D eigenvalue weighted by atomic mass is 10.1. The molecule has 0 rings (SSSR count). The van der Waals surface area contributed by atoms with Crippen LogP contribution >= 0.6 is 0 Å². The van der Waals surface area contributed by atoms with Crippen LogP contribution in [0.2, 0.25) is 0 Å². The minimum absolute atomic E-state index is 0.0700. The molecule has 0 bridgehead atoms. The highest BCUT2D eigenvalue weighted by Gasteiger charge is 2.12. The Morgan fingerprint density at radius 1 is 1.62 bits per heavy atom. The van der Waals surface area contributed by atoms with E-state index in [2.05, 4.69) is 0 Å². The molecule has 70 valence electrons. The molecule has 0 aliphatic carbocycles. The highest BCUT2D eigenvalue weighted by atomic mass is 16.5. The lowest BCUT2D eigenvalue weighted by Crippen LogP contribution is -2.07. The minimum Gasteiger partial charge on any atom is -0.497 e. The summed E-state index contributed by atoms with van der Waals surface area (Å²) in [5, 5.41) is 15.4. The zero-order chi connectivity index (χ0) is 10.3. The van der Waals surface area contributed by atoms with Crippen molar-refractivity contribution in [3.63, 3.8) is 0 Å². The molecular weight excluding hydrogens is 168 g/mol. The first kappa shape index (κ1) is 11.4. The zero-order valence-electron chi connectivity index (χ0n) is 7.76. The fourth-order valence-corrected chi connectivity index (χ4v) is 0.852. The van der Waals surface area contributed by atoms with Crippen LogP contribution in [0, 0.1) is 16.7 Å². The number of rotatable bonds is 5. The third kappa shape index (κ3) is 3.08. The number of Topliss-reactive ketones (excluding diaryl/α,β-unsaturated/α-hetero) is 1. The predicted molar refractivity (Wildman–Crippen MR) is 48.3 cm³/mol. The van der Waals surface area contributed by atoms with Crippen LogP contribution in [0.3, 0.4) is 0 Å². The topological polar surface area (TPSA) is 73.9 Å².